The summed E-state index contributed by atoms with van der Waals surface area (Å²) in [6.07, 6.45) is 0. The maximum absolute atomic E-state index is 14.0. The first-order valence-corrected chi connectivity index (χ1v) is 12.6. The molecule has 0 aliphatic rings. The summed E-state index contributed by atoms with van der Waals surface area (Å²) in [6.45, 7) is 15.0. The summed E-state index contributed by atoms with van der Waals surface area (Å²) < 4.78 is 12.0. The number of nitrogens with two attached hydrogens (primary N) is 1. The van der Waals surface area contributed by atoms with E-state index in [1.807, 2.05) is 57.2 Å². The number of rotatable bonds is 12. The van der Waals surface area contributed by atoms with Crippen molar-refractivity contribution in [1.29, 1.82) is 0 Å². The Kier molecular flexibility index (Phi) is 10.1. The van der Waals surface area contributed by atoms with Gasteiger partial charge in [-0.2, -0.15) is 0 Å². The van der Waals surface area contributed by atoms with Crippen LogP contribution < -0.4 is 15.8 Å². The third kappa shape index (κ3) is 7.70. The maximum Gasteiger partial charge on any atom is 0.337 e. The highest BCUT2D eigenvalue weighted by Crippen LogP contribution is 2.32. The number of nitrogens with one attached hydrogen (secondary N) is 1. The molecule has 2 aromatic rings. The Labute approximate surface area is 221 Å². The first kappa shape index (κ1) is 30.1. The first-order chi connectivity index (χ1) is 17.2. The van der Waals surface area contributed by atoms with E-state index >= 15 is 0 Å². The zero-order valence-corrected chi connectivity index (χ0v) is 23.3. The number of likely N-dealkylation sites (N-methyl/N-ethyl adjacent to an activating group) is 1. The van der Waals surface area contributed by atoms with E-state index < -0.39 is 22.9 Å². The second-order valence-electron chi connectivity index (χ2n) is 10.5. The van der Waals surface area contributed by atoms with Crippen LogP contribution in [-0.4, -0.2) is 42.0 Å². The largest absolute Gasteiger partial charge is 0.488 e. The third-order valence-electron chi connectivity index (χ3n) is 6.53. The van der Waals surface area contributed by atoms with Gasteiger partial charge >= 0.3 is 7.48 Å². The molecule has 37 heavy (non-hydrogen) atoms. The molecule has 0 aromatic heterocycles. The van der Waals surface area contributed by atoms with Crippen molar-refractivity contribution < 1.29 is 24.1 Å². The lowest BCUT2D eigenvalue weighted by atomic mass is 9.76. The molecule has 0 atom stereocenters. The molecule has 0 aliphatic carbocycles. The molecule has 7 nitrogen and oxygen atoms in total. The van der Waals surface area contributed by atoms with Gasteiger partial charge in [0.1, 0.15) is 12.4 Å². The minimum absolute atomic E-state index is 0.119. The van der Waals surface area contributed by atoms with E-state index in [0.717, 1.165) is 16.7 Å². The highest BCUT2D eigenvalue weighted by Gasteiger charge is 2.37. The predicted octanol–water partition coefficient (Wildman–Crippen LogP) is 4.37. The van der Waals surface area contributed by atoms with Crippen LogP contribution in [0.25, 0.3) is 0 Å². The Morgan fingerprint density at radius 1 is 1.11 bits per heavy atom. The van der Waals surface area contributed by atoms with Crippen molar-refractivity contribution in [3.63, 3.8) is 0 Å². The van der Waals surface area contributed by atoms with Crippen molar-refractivity contribution in [2.75, 3.05) is 6.54 Å². The summed E-state index contributed by atoms with van der Waals surface area (Å²) in [5.41, 5.74) is 6.67. The zero-order chi connectivity index (χ0) is 28.0. The van der Waals surface area contributed by atoms with E-state index in [2.05, 4.69) is 5.32 Å². The Morgan fingerprint density at radius 3 is 2.27 bits per heavy atom. The van der Waals surface area contributed by atoms with Crippen LogP contribution in [0.3, 0.4) is 0 Å². The molecule has 4 N–H and O–H groups in total. The van der Waals surface area contributed by atoms with Crippen LogP contribution in [0.4, 0.5) is 0 Å². The summed E-state index contributed by atoms with van der Waals surface area (Å²) in [4.78, 5) is 26.7. The van der Waals surface area contributed by atoms with E-state index in [9.17, 15) is 14.7 Å². The van der Waals surface area contributed by atoms with Gasteiger partial charge in [-0.1, -0.05) is 44.2 Å². The molecule has 2 rings (SSSR count). The maximum atomic E-state index is 14.0. The average Bonchev–Trinajstić information content (AvgIpc) is 2.82. The molecule has 2 aromatic carbocycles. The van der Waals surface area contributed by atoms with Gasteiger partial charge in [-0.25, -0.2) is 0 Å². The van der Waals surface area contributed by atoms with Gasteiger partial charge in [0.05, 0.1) is 22.5 Å². The Bertz CT molecular complexity index is 1130. The summed E-state index contributed by atoms with van der Waals surface area (Å²) in [5.74, 6) is -0.570. The molecule has 0 aliphatic heterocycles. The first-order valence-electron chi connectivity index (χ1n) is 12.6. The Balaban J connectivity index is 2.59. The van der Waals surface area contributed by atoms with Crippen molar-refractivity contribution in [3.05, 3.63) is 75.9 Å². The van der Waals surface area contributed by atoms with Gasteiger partial charge in [-0.05, 0) is 76.3 Å². The van der Waals surface area contributed by atoms with Gasteiger partial charge < -0.3 is 25.5 Å². The minimum Gasteiger partial charge on any atom is -0.488 e. The number of aryl methyl sites for hydroxylation is 1. The van der Waals surface area contributed by atoms with Gasteiger partial charge in [-0.15, -0.1) is 0 Å². The molecule has 0 bridgehead atoms. The number of benzene rings is 2. The second kappa shape index (κ2) is 12.4. The summed E-state index contributed by atoms with van der Waals surface area (Å²) in [7, 11) is 1.17. The van der Waals surface area contributed by atoms with E-state index in [4.69, 9.17) is 15.1 Å². The van der Waals surface area contributed by atoms with Crippen LogP contribution in [0.1, 0.15) is 81.4 Å². The van der Waals surface area contributed by atoms with Gasteiger partial charge in [-0.3, -0.25) is 9.59 Å². The summed E-state index contributed by atoms with van der Waals surface area (Å²) >= 11 is 0. The summed E-state index contributed by atoms with van der Waals surface area (Å²) in [6, 6.07) is 13.3. The van der Waals surface area contributed by atoms with Crippen LogP contribution in [0.2, 0.25) is 0 Å². The molecular weight excluding hydrogens is 467 g/mol. The number of carbonyl (C=O) groups is 2. The van der Waals surface area contributed by atoms with Gasteiger partial charge in [0.25, 0.3) is 5.91 Å². The second-order valence-corrected chi connectivity index (χ2v) is 10.5. The van der Waals surface area contributed by atoms with Crippen molar-refractivity contribution in [2.45, 2.75) is 79.1 Å². The number of hydrogen-bond donors (Lipinski definition) is 3. The van der Waals surface area contributed by atoms with Crippen LogP contribution in [0, 0.1) is 6.92 Å². The lowest BCUT2D eigenvalue weighted by Gasteiger charge is -2.37. The molecule has 8 heteroatoms. The van der Waals surface area contributed by atoms with Gasteiger partial charge in [0.15, 0.2) is 5.78 Å². The molecule has 1 amide bonds. The Morgan fingerprint density at radius 2 is 1.73 bits per heavy atom. The number of carbonyl (C=O) groups excluding carboxylic acids is 2. The standard InChI is InChI=1S/C29H40BN2O5/c1-9-32-27(34)25(31)24(30-37-29(7,8)28(5,6)35)26(33)22-16-21(18(2)3)19(4)15-23(22)36-17-20-13-11-10-12-14-20/h10-16,18,35H,9,17,31H2,1-8H3,(H,32,34). The fraction of sp³-hybridized carbons (Fsp3) is 0.448. The highest BCUT2D eigenvalue weighted by molar-refractivity contribution is 6.52. The van der Waals surface area contributed by atoms with Crippen molar-refractivity contribution in [2.24, 2.45) is 5.73 Å². The average molecular weight is 507 g/mol. The lowest BCUT2D eigenvalue weighted by Crippen LogP contribution is -2.48. The van der Waals surface area contributed by atoms with Crippen LogP contribution in [0.15, 0.2) is 53.6 Å². The monoisotopic (exact) mass is 507 g/mol. The number of allylic oxidation sites excluding steroid dienone is 1. The normalized spacial score (nSPS) is 12.7. The number of hydrogen-bond acceptors (Lipinski definition) is 6. The van der Waals surface area contributed by atoms with E-state index in [0.29, 0.717) is 12.3 Å². The smallest absolute Gasteiger partial charge is 0.337 e. The fourth-order valence-corrected chi connectivity index (χ4v) is 3.47. The fourth-order valence-electron chi connectivity index (χ4n) is 3.47. The van der Waals surface area contributed by atoms with Crippen LogP contribution in [0.5, 0.6) is 5.75 Å². The molecule has 0 unspecified atom stereocenters. The van der Waals surface area contributed by atoms with E-state index in [1.54, 1.807) is 40.7 Å². The molecule has 0 fully saturated rings. The molecule has 0 heterocycles. The number of aliphatic hydroxyl groups is 1. The van der Waals surface area contributed by atoms with Gasteiger partial charge in [0.2, 0.25) is 0 Å². The molecule has 1 radical (unpaired) electrons. The molecule has 0 saturated heterocycles. The van der Waals surface area contributed by atoms with Crippen molar-refractivity contribution in [1.82, 2.24) is 5.32 Å². The van der Waals surface area contributed by atoms with E-state index in [-0.39, 0.29) is 29.3 Å². The quantitative estimate of drug-likeness (QED) is 0.224. The zero-order valence-electron chi connectivity index (χ0n) is 23.3. The SMILES string of the molecule is CCNC(=O)C(N)=C([B]OC(C)(C)C(C)(C)O)C(=O)c1cc(C(C)C)c(C)cc1OCc1ccccc1. The molecule has 0 saturated carbocycles. The molecule has 0 spiro atoms. The predicted molar refractivity (Wildman–Crippen MR) is 147 cm³/mol. The van der Waals surface area contributed by atoms with E-state index in [1.165, 1.54) is 7.48 Å². The Hall–Kier alpha value is -3.10. The topological polar surface area (TPSA) is 111 Å². The molecule has 199 valence electrons. The van der Waals surface area contributed by atoms with Gasteiger partial charge in [0, 0.05) is 12.0 Å². The van der Waals surface area contributed by atoms with Crippen LogP contribution >= 0.6 is 0 Å². The summed E-state index contributed by atoms with van der Waals surface area (Å²) in [5, 5.41) is 13.1. The number of Topliss-reactive ketones (excluding diaryl/α,β-unsaturated/α-hetero) is 1. The number of ketones is 1. The third-order valence-corrected chi connectivity index (χ3v) is 6.53. The van der Waals surface area contributed by atoms with Crippen molar-refractivity contribution >= 4 is 19.2 Å². The minimum atomic E-state index is -1.24. The lowest BCUT2D eigenvalue weighted by molar-refractivity contribution is -0.117. The highest BCUT2D eigenvalue weighted by atomic mass is 16.5. The number of amides is 1. The van der Waals surface area contributed by atoms with Crippen molar-refractivity contribution in [3.8, 4) is 5.75 Å². The van der Waals surface area contributed by atoms with Crippen LogP contribution in [-0.2, 0) is 16.1 Å². The molecular formula is C29H40BN2O5. The number of ether oxygens (including phenoxy) is 1.